The van der Waals surface area contributed by atoms with Gasteiger partial charge in [0.25, 0.3) is 0 Å². The molecule has 1 saturated carbocycles. The second-order valence-electron chi connectivity index (χ2n) is 13.9. The lowest BCUT2D eigenvalue weighted by Crippen LogP contribution is -2.37. The number of ether oxygens (including phenoxy) is 2. The Balaban J connectivity index is 0.000000251. The zero-order chi connectivity index (χ0) is 41.4. The smallest absolute Gasteiger partial charge is 0.334 e. The highest BCUT2D eigenvalue weighted by Gasteiger charge is 2.56. The maximum absolute atomic E-state index is 12.7. The van der Waals surface area contributed by atoms with Crippen molar-refractivity contribution in [2.45, 2.75) is 103 Å². The minimum atomic E-state index is -0.861. The van der Waals surface area contributed by atoms with E-state index in [-0.39, 0.29) is 40.3 Å². The first kappa shape index (κ1) is 44.3. The predicted molar refractivity (Wildman–Crippen MR) is 226 cm³/mol. The van der Waals surface area contributed by atoms with E-state index in [0.29, 0.717) is 42.2 Å². The number of amides is 1. The molecule has 6 rings (SSSR count). The fraction of sp³-hybridized carbons (Fsp3) is 0.486. The number of thiophene rings is 2. The molecule has 2 fully saturated rings. The minimum Gasteiger partial charge on any atom is -0.376 e. The molecule has 1 aliphatic carbocycles. The van der Waals surface area contributed by atoms with Gasteiger partial charge in [0.1, 0.15) is 23.6 Å². The SMILES string of the molecule is CCC(Cc1sccc1Cl)Nc1ccnc(Cl)c1[N+](=O)[O-].CCNC(=O)[C@@H]1C[C@H](Nc2nccc(NC(CC)Cc3sccc3Cl)c2[N+](=O)[O-])[C@H]2OC(C)(C)O[C@H]21. The third-order valence-corrected chi connectivity index (χ3v) is 12.7. The van der Waals surface area contributed by atoms with Crippen LogP contribution in [0.15, 0.2) is 47.4 Å². The summed E-state index contributed by atoms with van der Waals surface area (Å²) in [5.74, 6) is -1.29. The van der Waals surface area contributed by atoms with Gasteiger partial charge in [0.15, 0.2) is 5.79 Å². The van der Waals surface area contributed by atoms with Gasteiger partial charge in [-0.15, -0.1) is 22.7 Å². The highest BCUT2D eigenvalue weighted by Crippen LogP contribution is 2.44. The van der Waals surface area contributed by atoms with Gasteiger partial charge < -0.3 is 30.7 Å². The van der Waals surface area contributed by atoms with Crippen molar-refractivity contribution >= 4 is 92.0 Å². The monoisotopic (exact) mass is 882 g/mol. The average molecular weight is 884 g/mol. The Hall–Kier alpha value is -3.84. The molecular formula is C37H45Cl3N8O7S2. The van der Waals surface area contributed by atoms with Crippen LogP contribution in [0.1, 0.15) is 63.6 Å². The van der Waals surface area contributed by atoms with Crippen LogP contribution in [0.2, 0.25) is 15.2 Å². The second kappa shape index (κ2) is 19.7. The number of nitro groups is 2. The van der Waals surface area contributed by atoms with Crippen molar-refractivity contribution in [1.29, 1.82) is 0 Å². The molecule has 2 unspecified atom stereocenters. The lowest BCUT2D eigenvalue weighted by atomic mass is 10.0. The van der Waals surface area contributed by atoms with Crippen LogP contribution >= 0.6 is 57.5 Å². The summed E-state index contributed by atoms with van der Waals surface area (Å²) in [5.41, 5.74) is 0.398. The molecule has 4 aromatic heterocycles. The van der Waals surface area contributed by atoms with E-state index in [1.807, 2.05) is 43.7 Å². The Bertz CT molecular complexity index is 2040. The highest BCUT2D eigenvalue weighted by molar-refractivity contribution is 7.10. The number of halogens is 3. The Morgan fingerprint density at radius 3 is 1.88 bits per heavy atom. The summed E-state index contributed by atoms with van der Waals surface area (Å²) >= 11 is 21.3. The van der Waals surface area contributed by atoms with Gasteiger partial charge in [-0.1, -0.05) is 48.7 Å². The normalized spacial score (nSPS) is 20.4. The summed E-state index contributed by atoms with van der Waals surface area (Å²) < 4.78 is 12.2. The van der Waals surface area contributed by atoms with E-state index in [9.17, 15) is 25.0 Å². The lowest BCUT2D eigenvalue weighted by molar-refractivity contribution is -0.384. The van der Waals surface area contributed by atoms with Crippen molar-refractivity contribution in [3.63, 3.8) is 0 Å². The van der Waals surface area contributed by atoms with Gasteiger partial charge in [0.2, 0.25) is 16.9 Å². The summed E-state index contributed by atoms with van der Waals surface area (Å²) in [4.78, 5) is 45.2. The van der Waals surface area contributed by atoms with Crippen molar-refractivity contribution in [2.75, 3.05) is 22.5 Å². The summed E-state index contributed by atoms with van der Waals surface area (Å²) in [7, 11) is 0. The topological polar surface area (TPSA) is 196 Å². The first-order valence-electron chi connectivity index (χ1n) is 18.4. The van der Waals surface area contributed by atoms with E-state index in [2.05, 4.69) is 31.2 Å². The second-order valence-corrected chi connectivity index (χ2v) is 17.1. The first-order valence-corrected chi connectivity index (χ1v) is 21.3. The van der Waals surface area contributed by atoms with Crippen molar-refractivity contribution < 1.29 is 24.1 Å². The van der Waals surface area contributed by atoms with Crippen LogP contribution in [-0.4, -0.2) is 68.4 Å². The molecule has 308 valence electrons. The number of hydrogen-bond donors (Lipinski definition) is 4. The van der Waals surface area contributed by atoms with Gasteiger partial charge >= 0.3 is 11.4 Å². The van der Waals surface area contributed by atoms with Gasteiger partial charge in [-0.05, 0) is 75.1 Å². The number of fused-ring (bicyclic) bond motifs is 1. The van der Waals surface area contributed by atoms with Gasteiger partial charge in [-0.2, -0.15) is 0 Å². The standard InChI is InChI=1S/C24H32ClN5O5S.C13H13Cl2N3O2S/c1-5-13(11-18-15(25)8-10-36-18)28-16-7-9-27-22(19(16)30(32)33)29-17-12-14(23(31)26-6-2)20-21(17)35-24(3,4)34-20;1-2-8(7-11-9(14)4-6-21-11)17-10-3-5-16-13(15)12(10)18(19)20/h7-10,13-14,17,20-21H,5-6,11-12H2,1-4H3,(H,26,31)(H2,27,28,29);3-6,8H,2,7H2,1H3,(H,16,17)/t13?,14-,17+,20+,21-;/m1./s1. The molecule has 57 heavy (non-hydrogen) atoms. The number of rotatable bonds is 16. The van der Waals surface area contributed by atoms with E-state index >= 15 is 0 Å². The van der Waals surface area contributed by atoms with Gasteiger partial charge in [0.05, 0.1) is 31.9 Å². The van der Waals surface area contributed by atoms with Crippen molar-refractivity contribution in [3.05, 3.63) is 92.6 Å². The molecule has 0 spiro atoms. The van der Waals surface area contributed by atoms with E-state index in [1.54, 1.807) is 48.7 Å². The third-order valence-electron chi connectivity index (χ3n) is 9.59. The Kier molecular flexibility index (Phi) is 15.3. The van der Waals surface area contributed by atoms with Crippen LogP contribution in [0.3, 0.4) is 0 Å². The van der Waals surface area contributed by atoms with E-state index in [1.165, 1.54) is 12.4 Å². The Labute approximate surface area is 353 Å². The number of hydrogen-bond acceptors (Lipinski definition) is 14. The summed E-state index contributed by atoms with van der Waals surface area (Å²) in [5, 5.41) is 41.0. The Morgan fingerprint density at radius 2 is 1.39 bits per heavy atom. The molecule has 4 aromatic rings. The van der Waals surface area contributed by atoms with Crippen LogP contribution < -0.4 is 21.3 Å². The van der Waals surface area contributed by atoms with Crippen molar-refractivity contribution in [3.8, 4) is 0 Å². The molecule has 20 heteroatoms. The number of nitrogens with one attached hydrogen (secondary N) is 4. The molecule has 4 N–H and O–H groups in total. The summed E-state index contributed by atoms with van der Waals surface area (Å²) in [6.45, 7) is 9.99. The van der Waals surface area contributed by atoms with Gasteiger partial charge in [0, 0.05) is 53.6 Å². The number of carbonyl (C=O) groups excluding carboxylic acids is 1. The molecule has 1 amide bonds. The largest absolute Gasteiger partial charge is 0.376 e. The maximum Gasteiger partial charge on any atom is 0.334 e. The molecule has 1 aliphatic heterocycles. The number of carbonyl (C=O) groups is 1. The number of anilines is 3. The molecule has 0 bridgehead atoms. The highest BCUT2D eigenvalue weighted by atomic mass is 35.5. The van der Waals surface area contributed by atoms with E-state index < -0.39 is 39.8 Å². The van der Waals surface area contributed by atoms with Gasteiger partial charge in [-0.25, -0.2) is 9.97 Å². The number of nitrogens with zero attached hydrogens (tertiary/aromatic N) is 4. The fourth-order valence-corrected chi connectivity index (χ4v) is 9.48. The van der Waals surface area contributed by atoms with E-state index in [4.69, 9.17) is 44.3 Å². The molecule has 0 aromatic carbocycles. The quantitative estimate of drug-likeness (QED) is 0.0474. The van der Waals surface area contributed by atoms with Crippen molar-refractivity contribution in [1.82, 2.24) is 15.3 Å². The predicted octanol–water partition coefficient (Wildman–Crippen LogP) is 9.39. The fourth-order valence-electron chi connectivity index (χ4n) is 6.86. The van der Waals surface area contributed by atoms with Crippen LogP contribution in [0.25, 0.3) is 0 Å². The number of aromatic nitrogens is 2. The number of pyridine rings is 2. The summed E-state index contributed by atoms with van der Waals surface area (Å²) in [6.07, 6.45) is 5.37. The van der Waals surface area contributed by atoms with Crippen LogP contribution in [-0.2, 0) is 27.1 Å². The molecule has 1 saturated heterocycles. The lowest BCUT2D eigenvalue weighted by Gasteiger charge is -2.24. The van der Waals surface area contributed by atoms with Gasteiger partial charge in [-0.3, -0.25) is 25.0 Å². The summed E-state index contributed by atoms with van der Waals surface area (Å²) in [6, 6.07) is 6.44. The Morgan fingerprint density at radius 1 is 0.860 bits per heavy atom. The maximum atomic E-state index is 12.7. The zero-order valence-electron chi connectivity index (χ0n) is 31.9. The molecule has 2 aliphatic rings. The molecule has 0 radical (unpaired) electrons. The minimum absolute atomic E-state index is 0.0262. The van der Waals surface area contributed by atoms with Crippen molar-refractivity contribution in [2.24, 2.45) is 5.92 Å². The van der Waals surface area contributed by atoms with Crippen LogP contribution in [0.4, 0.5) is 28.6 Å². The average Bonchev–Trinajstić information content (AvgIpc) is 3.92. The van der Waals surface area contributed by atoms with Crippen LogP contribution in [0, 0.1) is 26.1 Å². The molecule has 15 nitrogen and oxygen atoms in total. The molecule has 5 heterocycles. The third kappa shape index (κ3) is 11.0. The molecule has 6 atom stereocenters. The molecular weight excluding hydrogens is 839 g/mol. The van der Waals surface area contributed by atoms with Crippen LogP contribution in [0.5, 0.6) is 0 Å². The first-order chi connectivity index (χ1) is 27.2. The zero-order valence-corrected chi connectivity index (χ0v) is 35.8. The van der Waals surface area contributed by atoms with E-state index in [0.717, 1.165) is 27.6 Å².